The van der Waals surface area contributed by atoms with Crippen molar-refractivity contribution in [3.8, 4) is 5.75 Å². The summed E-state index contributed by atoms with van der Waals surface area (Å²) in [5, 5.41) is 10.9. The van der Waals surface area contributed by atoms with E-state index in [0.29, 0.717) is 19.1 Å². The number of benzene rings is 1. The van der Waals surface area contributed by atoms with E-state index in [4.69, 9.17) is 4.74 Å². The molecular weight excluding hydrogens is 340 g/mol. The Bertz CT molecular complexity index is 749. The van der Waals surface area contributed by atoms with Crippen LogP contribution in [0.3, 0.4) is 0 Å². The number of piperidine rings is 1. The summed E-state index contributed by atoms with van der Waals surface area (Å²) in [7, 11) is 0. The Kier molecular flexibility index (Phi) is 5.43. The minimum absolute atomic E-state index is 0.0229. The lowest BCUT2D eigenvalue weighted by atomic mass is 9.96. The normalized spacial score (nSPS) is 20.8. The molecule has 0 spiro atoms. The highest BCUT2D eigenvalue weighted by molar-refractivity contribution is 5.75. The van der Waals surface area contributed by atoms with Crippen molar-refractivity contribution in [2.75, 3.05) is 26.2 Å². The van der Waals surface area contributed by atoms with Crippen molar-refractivity contribution < 1.29 is 9.53 Å². The number of carbonyl (C=O) groups is 1. The van der Waals surface area contributed by atoms with Gasteiger partial charge in [0.25, 0.3) is 0 Å². The van der Waals surface area contributed by atoms with Gasteiger partial charge in [0.15, 0.2) is 0 Å². The molecule has 2 N–H and O–H groups in total. The van der Waals surface area contributed by atoms with E-state index in [1.165, 1.54) is 6.42 Å². The van der Waals surface area contributed by atoms with Gasteiger partial charge in [-0.3, -0.25) is 9.48 Å². The summed E-state index contributed by atoms with van der Waals surface area (Å²) in [6.45, 7) is 3.65. The van der Waals surface area contributed by atoms with E-state index in [0.717, 1.165) is 43.8 Å². The molecular formula is C21H28N4O2. The summed E-state index contributed by atoms with van der Waals surface area (Å²) in [6.07, 6.45) is 6.32. The van der Waals surface area contributed by atoms with Gasteiger partial charge in [-0.25, -0.2) is 0 Å². The molecule has 6 heteroatoms. The van der Waals surface area contributed by atoms with Crippen LogP contribution < -0.4 is 15.4 Å². The van der Waals surface area contributed by atoms with Gasteiger partial charge in [-0.2, -0.15) is 5.10 Å². The summed E-state index contributed by atoms with van der Waals surface area (Å²) in [5.41, 5.74) is 1.25. The molecule has 4 rings (SSSR count). The van der Waals surface area contributed by atoms with Crippen molar-refractivity contribution in [3.05, 3.63) is 48.3 Å². The molecule has 0 bridgehead atoms. The van der Waals surface area contributed by atoms with E-state index in [9.17, 15) is 4.79 Å². The topological polar surface area (TPSA) is 68.2 Å². The van der Waals surface area contributed by atoms with Crippen molar-refractivity contribution in [3.63, 3.8) is 0 Å². The number of amides is 1. The average molecular weight is 368 g/mol. The monoisotopic (exact) mass is 368 g/mol. The highest BCUT2D eigenvalue weighted by atomic mass is 16.5. The molecule has 2 fully saturated rings. The van der Waals surface area contributed by atoms with Crippen LogP contribution in [0, 0.1) is 5.41 Å². The Hall–Kier alpha value is -2.34. The molecule has 2 heterocycles. The van der Waals surface area contributed by atoms with E-state index >= 15 is 0 Å². The number of hydrogen-bond donors (Lipinski definition) is 2. The van der Waals surface area contributed by atoms with Crippen LogP contribution in [0.4, 0.5) is 0 Å². The molecule has 1 saturated heterocycles. The lowest BCUT2D eigenvalue weighted by molar-refractivity contribution is -0.122. The van der Waals surface area contributed by atoms with Gasteiger partial charge in [-0.05, 0) is 50.4 Å². The third-order valence-corrected chi connectivity index (χ3v) is 5.66. The van der Waals surface area contributed by atoms with Gasteiger partial charge < -0.3 is 15.4 Å². The maximum atomic E-state index is 12.5. The predicted molar refractivity (Wildman–Crippen MR) is 104 cm³/mol. The zero-order valence-corrected chi connectivity index (χ0v) is 15.7. The van der Waals surface area contributed by atoms with Crippen LogP contribution in [0.15, 0.2) is 42.6 Å². The van der Waals surface area contributed by atoms with Gasteiger partial charge in [0.05, 0.1) is 6.61 Å². The molecule has 2 aliphatic rings. The van der Waals surface area contributed by atoms with Crippen molar-refractivity contribution in [2.24, 2.45) is 5.41 Å². The fourth-order valence-corrected chi connectivity index (χ4v) is 3.71. The van der Waals surface area contributed by atoms with Gasteiger partial charge in [-0.1, -0.05) is 18.2 Å². The quantitative estimate of drug-likeness (QED) is 0.750. The van der Waals surface area contributed by atoms with E-state index in [2.05, 4.69) is 15.7 Å². The number of aromatic nitrogens is 2. The highest BCUT2D eigenvalue weighted by Crippen LogP contribution is 2.45. The number of nitrogens with zero attached hydrogens (tertiary/aromatic N) is 2. The van der Waals surface area contributed by atoms with E-state index in [-0.39, 0.29) is 17.9 Å². The molecule has 144 valence electrons. The first kappa shape index (κ1) is 18.0. The number of carbonyl (C=O) groups excluding carboxylic acids is 1. The second kappa shape index (κ2) is 8.13. The third-order valence-electron chi connectivity index (χ3n) is 5.66. The van der Waals surface area contributed by atoms with Crippen molar-refractivity contribution in [1.82, 2.24) is 20.4 Å². The average Bonchev–Trinajstić information content (AvgIpc) is 3.35. The highest BCUT2D eigenvalue weighted by Gasteiger charge is 2.43. The summed E-state index contributed by atoms with van der Waals surface area (Å²) in [6, 6.07) is 11.9. The maximum absolute atomic E-state index is 12.5. The molecule has 1 unspecified atom stereocenters. The molecule has 1 atom stereocenters. The van der Waals surface area contributed by atoms with Crippen molar-refractivity contribution in [2.45, 2.75) is 38.1 Å². The molecule has 2 aromatic rings. The Morgan fingerprint density at radius 1 is 1.30 bits per heavy atom. The van der Waals surface area contributed by atoms with E-state index < -0.39 is 0 Å². The van der Waals surface area contributed by atoms with Gasteiger partial charge in [-0.15, -0.1) is 0 Å². The minimum Gasteiger partial charge on any atom is -0.493 e. The summed E-state index contributed by atoms with van der Waals surface area (Å²) in [5.74, 6) is 1.36. The Labute approximate surface area is 160 Å². The Balaban J connectivity index is 1.26. The molecule has 1 aliphatic carbocycles. The van der Waals surface area contributed by atoms with Crippen LogP contribution in [0.1, 0.15) is 37.3 Å². The van der Waals surface area contributed by atoms with Crippen molar-refractivity contribution >= 4 is 5.91 Å². The van der Waals surface area contributed by atoms with Gasteiger partial charge in [0.2, 0.25) is 5.91 Å². The Morgan fingerprint density at radius 2 is 2.15 bits per heavy atom. The summed E-state index contributed by atoms with van der Waals surface area (Å²) >= 11 is 0. The molecule has 6 nitrogen and oxygen atoms in total. The smallest absolute Gasteiger partial charge is 0.241 e. The van der Waals surface area contributed by atoms with Crippen LogP contribution in [0.5, 0.6) is 5.75 Å². The number of para-hydroxylation sites is 1. The molecule has 1 saturated carbocycles. The van der Waals surface area contributed by atoms with Crippen LogP contribution in [-0.4, -0.2) is 41.9 Å². The molecule has 1 amide bonds. The van der Waals surface area contributed by atoms with Crippen molar-refractivity contribution in [1.29, 1.82) is 0 Å². The number of nitrogens with one attached hydrogen (secondary N) is 2. The first-order chi connectivity index (χ1) is 13.2. The molecule has 1 aliphatic heterocycles. The Morgan fingerprint density at radius 3 is 2.89 bits per heavy atom. The lowest BCUT2D eigenvalue weighted by Gasteiger charge is -2.23. The number of ether oxygens (including phenoxy) is 1. The maximum Gasteiger partial charge on any atom is 0.241 e. The SMILES string of the molecule is O=C(Cn1nccc1C1CCCNC1)NCC1(COc2ccccc2)CC1. The van der Waals surface area contributed by atoms with Gasteiger partial charge in [0, 0.05) is 36.3 Å². The standard InChI is InChI=1S/C21H28N4O2/c26-20(14-25-19(8-12-24-25)17-5-4-11-22-13-17)23-15-21(9-10-21)16-27-18-6-2-1-3-7-18/h1-3,6-8,12,17,22H,4-5,9-11,13-16H2,(H,23,26). The number of rotatable bonds is 8. The molecule has 1 aromatic carbocycles. The first-order valence-corrected chi connectivity index (χ1v) is 9.91. The molecule has 27 heavy (non-hydrogen) atoms. The number of hydrogen-bond acceptors (Lipinski definition) is 4. The third kappa shape index (κ3) is 4.69. The second-order valence-electron chi connectivity index (χ2n) is 7.84. The van der Waals surface area contributed by atoms with Gasteiger partial charge in [0.1, 0.15) is 12.3 Å². The molecule has 1 aromatic heterocycles. The lowest BCUT2D eigenvalue weighted by Crippen LogP contribution is -2.36. The fourth-order valence-electron chi connectivity index (χ4n) is 3.71. The predicted octanol–water partition coefficient (Wildman–Crippen LogP) is 2.33. The first-order valence-electron chi connectivity index (χ1n) is 9.91. The van der Waals surface area contributed by atoms with Crippen LogP contribution in [0.2, 0.25) is 0 Å². The fraction of sp³-hybridized carbons (Fsp3) is 0.524. The van der Waals surface area contributed by atoms with Crippen LogP contribution >= 0.6 is 0 Å². The van der Waals surface area contributed by atoms with Crippen LogP contribution in [-0.2, 0) is 11.3 Å². The van der Waals surface area contributed by atoms with E-state index in [1.54, 1.807) is 6.20 Å². The largest absolute Gasteiger partial charge is 0.493 e. The zero-order valence-electron chi connectivity index (χ0n) is 15.7. The van der Waals surface area contributed by atoms with Crippen LogP contribution in [0.25, 0.3) is 0 Å². The summed E-state index contributed by atoms with van der Waals surface area (Å²) < 4.78 is 7.75. The second-order valence-corrected chi connectivity index (χ2v) is 7.84. The molecule has 0 radical (unpaired) electrons. The summed E-state index contributed by atoms with van der Waals surface area (Å²) in [4.78, 5) is 12.5. The minimum atomic E-state index is 0.0229. The zero-order chi connectivity index (χ0) is 18.5. The van der Waals surface area contributed by atoms with E-state index in [1.807, 2.05) is 41.1 Å². The van der Waals surface area contributed by atoms with Gasteiger partial charge >= 0.3 is 0 Å².